The van der Waals surface area contributed by atoms with Crippen molar-refractivity contribution < 1.29 is 0 Å². The Morgan fingerprint density at radius 2 is 0.489 bits per heavy atom. The summed E-state index contributed by atoms with van der Waals surface area (Å²) in [7, 11) is 0. The molecule has 0 bridgehead atoms. The number of hydrogen-bond acceptors (Lipinski definition) is 3. The van der Waals surface area contributed by atoms with E-state index in [1.54, 1.807) is 0 Å². The van der Waals surface area contributed by atoms with Crippen LogP contribution in [0.1, 0.15) is 0 Å². The number of halogens is 3. The summed E-state index contributed by atoms with van der Waals surface area (Å²) in [6, 6.07) is 49.8. The van der Waals surface area contributed by atoms with Crippen molar-refractivity contribution in [3.63, 3.8) is 0 Å². The second-order valence-corrected chi connectivity index (χ2v) is 13.0. The Bertz CT molecular complexity index is 1870. The van der Waals surface area contributed by atoms with E-state index in [9.17, 15) is 0 Å². The number of hydrogen-bond donors (Lipinski definition) is 0. The molecule has 0 radical (unpaired) electrons. The highest BCUT2D eigenvalue weighted by molar-refractivity contribution is 9.11. The van der Waals surface area contributed by atoms with Crippen LogP contribution in [-0.2, 0) is 0 Å². The van der Waals surface area contributed by atoms with Crippen molar-refractivity contribution in [2.75, 3.05) is 0 Å². The predicted molar refractivity (Wildman–Crippen MR) is 196 cm³/mol. The van der Waals surface area contributed by atoms with Crippen LogP contribution < -0.4 is 0 Å². The van der Waals surface area contributed by atoms with Gasteiger partial charge in [-0.2, -0.15) is 0 Å². The van der Waals surface area contributed by atoms with Crippen LogP contribution in [0.3, 0.4) is 0 Å². The van der Waals surface area contributed by atoms with Gasteiger partial charge in [0.15, 0.2) is 17.5 Å². The summed E-state index contributed by atoms with van der Waals surface area (Å²) in [6.45, 7) is 0. The Kier molecular flexibility index (Phi) is 8.53. The van der Waals surface area contributed by atoms with Gasteiger partial charge in [-0.15, -0.1) is 0 Å². The zero-order chi connectivity index (χ0) is 30.8. The van der Waals surface area contributed by atoms with Crippen molar-refractivity contribution >= 4 is 47.8 Å². The van der Waals surface area contributed by atoms with E-state index < -0.39 is 0 Å². The number of aromatic nitrogens is 3. The van der Waals surface area contributed by atoms with E-state index in [2.05, 4.69) is 157 Å². The van der Waals surface area contributed by atoms with E-state index >= 15 is 0 Å². The van der Waals surface area contributed by atoms with Crippen molar-refractivity contribution in [2.45, 2.75) is 0 Å². The zero-order valence-corrected chi connectivity index (χ0v) is 28.6. The fourth-order valence-corrected chi connectivity index (χ4v) is 6.79. The van der Waals surface area contributed by atoms with Crippen LogP contribution in [-0.4, -0.2) is 15.0 Å². The third kappa shape index (κ3) is 6.32. The molecule has 6 heteroatoms. The summed E-state index contributed by atoms with van der Waals surface area (Å²) in [5.74, 6) is 1.87. The third-order valence-electron chi connectivity index (χ3n) is 7.62. The molecule has 0 atom stereocenters. The average Bonchev–Trinajstić information content (AvgIpc) is 3.09. The highest BCUT2D eigenvalue weighted by atomic mass is 79.9. The maximum atomic E-state index is 4.97. The molecule has 0 unspecified atom stereocenters. The normalized spacial score (nSPS) is 11.0. The molecule has 7 rings (SSSR count). The van der Waals surface area contributed by atoms with E-state index in [-0.39, 0.29) is 0 Å². The first kappa shape index (κ1) is 29.5. The molecule has 0 saturated carbocycles. The zero-order valence-electron chi connectivity index (χ0n) is 23.8. The molecule has 0 aliphatic rings. The van der Waals surface area contributed by atoms with E-state index in [0.717, 1.165) is 63.5 Å². The number of benzene rings is 6. The Balaban J connectivity index is 1.30. The first-order valence-corrected chi connectivity index (χ1v) is 16.7. The molecule has 7 aromatic rings. The Labute approximate surface area is 287 Å². The van der Waals surface area contributed by atoms with Crippen molar-refractivity contribution in [1.29, 1.82) is 0 Å². The van der Waals surface area contributed by atoms with Gasteiger partial charge in [0.25, 0.3) is 0 Å². The summed E-state index contributed by atoms with van der Waals surface area (Å²) in [4.78, 5) is 14.9. The van der Waals surface area contributed by atoms with E-state index in [4.69, 9.17) is 15.0 Å². The molecule has 216 valence electrons. The molecular formula is C39H24Br3N3. The van der Waals surface area contributed by atoms with E-state index in [1.807, 2.05) is 36.4 Å². The minimum atomic E-state index is 0.624. The molecule has 1 heterocycles. The lowest BCUT2D eigenvalue weighted by Crippen LogP contribution is -2.00. The third-order valence-corrected chi connectivity index (χ3v) is 9.69. The first-order chi connectivity index (χ1) is 22.0. The average molecular weight is 774 g/mol. The van der Waals surface area contributed by atoms with Gasteiger partial charge in [0.2, 0.25) is 0 Å². The quantitative estimate of drug-likeness (QED) is 0.169. The molecule has 0 aliphatic heterocycles. The maximum Gasteiger partial charge on any atom is 0.164 e. The standard InChI is InChI=1S/C39H24Br3N3/c40-34-10-4-1-7-31(34)25-13-19-28(20-14-25)37-43-38(29-21-15-26(16-22-29)32-8-2-5-11-35(32)41)45-39(44-37)30-23-17-27(18-24-30)33-9-3-6-12-36(33)42/h1-24H. The largest absolute Gasteiger partial charge is 0.208 e. The molecule has 0 spiro atoms. The van der Waals surface area contributed by atoms with Crippen LogP contribution in [0.4, 0.5) is 0 Å². The van der Waals surface area contributed by atoms with Crippen LogP contribution in [0.25, 0.3) is 67.5 Å². The van der Waals surface area contributed by atoms with Crippen LogP contribution in [0.15, 0.2) is 159 Å². The first-order valence-electron chi connectivity index (χ1n) is 14.4. The lowest BCUT2D eigenvalue weighted by Gasteiger charge is -2.11. The Morgan fingerprint density at radius 3 is 0.733 bits per heavy atom. The van der Waals surface area contributed by atoms with Crippen molar-refractivity contribution in [3.05, 3.63) is 159 Å². The molecule has 6 aromatic carbocycles. The van der Waals surface area contributed by atoms with Gasteiger partial charge in [-0.3, -0.25) is 0 Å². The van der Waals surface area contributed by atoms with Gasteiger partial charge in [0, 0.05) is 30.1 Å². The van der Waals surface area contributed by atoms with Gasteiger partial charge in [0.1, 0.15) is 0 Å². The highest BCUT2D eigenvalue weighted by Crippen LogP contribution is 2.33. The van der Waals surface area contributed by atoms with Gasteiger partial charge in [-0.25, -0.2) is 15.0 Å². The number of nitrogens with zero attached hydrogens (tertiary/aromatic N) is 3. The van der Waals surface area contributed by atoms with Crippen LogP contribution in [0.2, 0.25) is 0 Å². The molecule has 0 aliphatic carbocycles. The molecule has 3 nitrogen and oxygen atoms in total. The summed E-state index contributed by atoms with van der Waals surface area (Å²) >= 11 is 11.0. The summed E-state index contributed by atoms with van der Waals surface area (Å²) in [5.41, 5.74) is 9.52. The molecule has 0 amide bonds. The molecular weight excluding hydrogens is 750 g/mol. The number of rotatable bonds is 6. The van der Waals surface area contributed by atoms with Gasteiger partial charge < -0.3 is 0 Å². The molecule has 1 aromatic heterocycles. The lowest BCUT2D eigenvalue weighted by atomic mass is 10.0. The maximum absolute atomic E-state index is 4.97. The molecule has 0 fully saturated rings. The lowest BCUT2D eigenvalue weighted by molar-refractivity contribution is 1.07. The minimum absolute atomic E-state index is 0.624. The van der Waals surface area contributed by atoms with Crippen LogP contribution in [0.5, 0.6) is 0 Å². The SMILES string of the molecule is Brc1ccccc1-c1ccc(-c2nc(-c3ccc(-c4ccccc4Br)cc3)nc(-c3ccc(-c4ccccc4Br)cc3)n2)cc1. The monoisotopic (exact) mass is 771 g/mol. The van der Waals surface area contributed by atoms with Gasteiger partial charge in [-0.05, 0) is 51.6 Å². The van der Waals surface area contributed by atoms with Crippen molar-refractivity contribution in [1.82, 2.24) is 15.0 Å². The van der Waals surface area contributed by atoms with Gasteiger partial charge in [0.05, 0.1) is 0 Å². The second-order valence-electron chi connectivity index (χ2n) is 10.5. The van der Waals surface area contributed by atoms with E-state index in [1.165, 1.54) is 0 Å². The molecule has 0 N–H and O–H groups in total. The van der Waals surface area contributed by atoms with Crippen LogP contribution in [0, 0.1) is 0 Å². The van der Waals surface area contributed by atoms with E-state index in [0.29, 0.717) is 17.5 Å². The highest BCUT2D eigenvalue weighted by Gasteiger charge is 2.14. The summed E-state index contributed by atoms with van der Waals surface area (Å²) < 4.78 is 3.17. The molecule has 45 heavy (non-hydrogen) atoms. The fraction of sp³-hybridized carbons (Fsp3) is 0. The Hall–Kier alpha value is -4.23. The topological polar surface area (TPSA) is 38.7 Å². The van der Waals surface area contributed by atoms with Crippen molar-refractivity contribution in [2.24, 2.45) is 0 Å². The fourth-order valence-electron chi connectivity index (χ4n) is 5.25. The smallest absolute Gasteiger partial charge is 0.164 e. The predicted octanol–water partition coefficient (Wildman–Crippen LogP) is 12.2. The van der Waals surface area contributed by atoms with Gasteiger partial charge in [-0.1, -0.05) is 175 Å². The molecule has 0 saturated heterocycles. The Morgan fingerprint density at radius 1 is 0.267 bits per heavy atom. The summed E-state index contributed by atoms with van der Waals surface area (Å²) in [6.07, 6.45) is 0. The van der Waals surface area contributed by atoms with Gasteiger partial charge >= 0.3 is 0 Å². The minimum Gasteiger partial charge on any atom is -0.208 e. The van der Waals surface area contributed by atoms with Crippen molar-refractivity contribution in [3.8, 4) is 67.5 Å². The van der Waals surface area contributed by atoms with Crippen LogP contribution >= 0.6 is 47.8 Å². The summed E-state index contributed by atoms with van der Waals surface area (Å²) in [5, 5.41) is 0. The second kappa shape index (κ2) is 13.0.